The summed E-state index contributed by atoms with van der Waals surface area (Å²) >= 11 is 0. The van der Waals surface area contributed by atoms with Crippen molar-refractivity contribution in [2.24, 2.45) is 5.73 Å². The zero-order chi connectivity index (χ0) is 4.99. The standard InChI is InChI=1S/C4H12N2/c1-4(5)3-6-2/h4,6H,3,5H2,1-2H3. The third-order valence-corrected chi connectivity index (χ3v) is 0.526. The molecule has 0 aromatic heterocycles. The highest BCUT2D eigenvalue weighted by molar-refractivity contribution is 4.51. The van der Waals surface area contributed by atoms with Crippen molar-refractivity contribution in [2.45, 2.75) is 13.0 Å². The zero-order valence-corrected chi connectivity index (χ0v) is 4.36. The summed E-state index contributed by atoms with van der Waals surface area (Å²) in [7, 11) is 1.89. The van der Waals surface area contributed by atoms with Crippen molar-refractivity contribution in [1.82, 2.24) is 5.32 Å². The van der Waals surface area contributed by atoms with E-state index in [1.54, 1.807) is 0 Å². The molecule has 0 aromatic rings. The molecule has 0 amide bonds. The Kier molecular flexibility index (Phi) is 3.08. The maximum atomic E-state index is 5.34. The van der Waals surface area contributed by atoms with Crippen LogP contribution in [0.2, 0.25) is 0 Å². The summed E-state index contributed by atoms with van der Waals surface area (Å²) in [5.41, 5.74) is 5.34. The third-order valence-electron chi connectivity index (χ3n) is 0.526. The number of nitrogens with two attached hydrogens (primary N) is 1. The highest BCUT2D eigenvalue weighted by atomic mass is 14.8. The van der Waals surface area contributed by atoms with Crippen LogP contribution in [0.4, 0.5) is 0 Å². The molecule has 1 atom stereocenters. The molecule has 0 aromatic carbocycles. The number of rotatable bonds is 2. The third kappa shape index (κ3) is 3.92. The molecule has 0 saturated heterocycles. The van der Waals surface area contributed by atoms with Crippen LogP contribution in [0.3, 0.4) is 0 Å². The van der Waals surface area contributed by atoms with E-state index in [9.17, 15) is 0 Å². The summed E-state index contributed by atoms with van der Waals surface area (Å²) in [6.07, 6.45) is 0. The molecule has 0 aliphatic carbocycles. The average molecular weight is 88.2 g/mol. The number of nitrogens with one attached hydrogen (secondary N) is 1. The van der Waals surface area contributed by atoms with Crippen LogP contribution >= 0.6 is 0 Å². The van der Waals surface area contributed by atoms with E-state index in [2.05, 4.69) is 5.32 Å². The van der Waals surface area contributed by atoms with Crippen molar-refractivity contribution in [3.63, 3.8) is 0 Å². The number of likely N-dealkylation sites (N-methyl/N-ethyl adjacent to an activating group) is 1. The monoisotopic (exact) mass is 88.1 g/mol. The fraction of sp³-hybridized carbons (Fsp3) is 1.00. The highest BCUT2D eigenvalue weighted by Gasteiger charge is 1.84. The minimum absolute atomic E-state index is 0.287. The van der Waals surface area contributed by atoms with Crippen LogP contribution in [-0.4, -0.2) is 19.6 Å². The Bertz CT molecular complexity index is 26.7. The van der Waals surface area contributed by atoms with E-state index >= 15 is 0 Å². The Labute approximate surface area is 38.7 Å². The lowest BCUT2D eigenvalue weighted by atomic mass is 10.4. The van der Waals surface area contributed by atoms with E-state index in [1.807, 2.05) is 14.0 Å². The van der Waals surface area contributed by atoms with Gasteiger partial charge < -0.3 is 11.1 Å². The van der Waals surface area contributed by atoms with Gasteiger partial charge in [-0.25, -0.2) is 0 Å². The van der Waals surface area contributed by atoms with Crippen LogP contribution in [0.15, 0.2) is 0 Å². The lowest BCUT2D eigenvalue weighted by Gasteiger charge is -1.99. The molecule has 2 nitrogen and oxygen atoms in total. The van der Waals surface area contributed by atoms with E-state index in [-0.39, 0.29) is 6.04 Å². The minimum Gasteiger partial charge on any atom is -0.327 e. The SMILES string of the molecule is CNCC(C)N. The van der Waals surface area contributed by atoms with E-state index < -0.39 is 0 Å². The summed E-state index contributed by atoms with van der Waals surface area (Å²) in [5, 5.41) is 2.94. The van der Waals surface area contributed by atoms with Gasteiger partial charge in [0.15, 0.2) is 0 Å². The predicted molar refractivity (Wildman–Crippen MR) is 27.6 cm³/mol. The molecule has 0 saturated carbocycles. The van der Waals surface area contributed by atoms with Gasteiger partial charge in [0, 0.05) is 12.6 Å². The second kappa shape index (κ2) is 3.12. The second-order valence-corrected chi connectivity index (χ2v) is 1.53. The summed E-state index contributed by atoms with van der Waals surface area (Å²) in [6, 6.07) is 0.287. The Morgan fingerprint density at radius 1 is 1.83 bits per heavy atom. The molecule has 0 heterocycles. The molecule has 0 fully saturated rings. The van der Waals surface area contributed by atoms with Crippen LogP contribution in [0, 0.1) is 0 Å². The fourth-order valence-electron chi connectivity index (χ4n) is 0.322. The minimum atomic E-state index is 0.287. The first-order valence-corrected chi connectivity index (χ1v) is 2.17. The van der Waals surface area contributed by atoms with Crippen molar-refractivity contribution >= 4 is 0 Å². The Hall–Kier alpha value is -0.0800. The van der Waals surface area contributed by atoms with Crippen LogP contribution in [0.1, 0.15) is 6.92 Å². The quantitative estimate of drug-likeness (QED) is 0.480. The topological polar surface area (TPSA) is 38.0 Å². The van der Waals surface area contributed by atoms with Gasteiger partial charge in [-0.1, -0.05) is 0 Å². The summed E-state index contributed by atoms with van der Waals surface area (Å²) in [5.74, 6) is 0. The van der Waals surface area contributed by atoms with Gasteiger partial charge in [0.2, 0.25) is 0 Å². The van der Waals surface area contributed by atoms with E-state index in [4.69, 9.17) is 5.73 Å². The van der Waals surface area contributed by atoms with E-state index in [0.29, 0.717) is 0 Å². The Morgan fingerprint density at radius 3 is 2.33 bits per heavy atom. The van der Waals surface area contributed by atoms with Gasteiger partial charge in [-0.05, 0) is 14.0 Å². The first kappa shape index (κ1) is 5.92. The second-order valence-electron chi connectivity index (χ2n) is 1.53. The molecule has 6 heavy (non-hydrogen) atoms. The van der Waals surface area contributed by atoms with Crippen molar-refractivity contribution in [3.05, 3.63) is 0 Å². The lowest BCUT2D eigenvalue weighted by molar-refractivity contribution is 0.666. The molecular weight excluding hydrogens is 76.1 g/mol. The van der Waals surface area contributed by atoms with Gasteiger partial charge in [-0.2, -0.15) is 0 Å². The largest absolute Gasteiger partial charge is 0.327 e. The molecular formula is C4H12N2. The first-order valence-electron chi connectivity index (χ1n) is 2.17. The zero-order valence-electron chi connectivity index (χ0n) is 4.36. The van der Waals surface area contributed by atoms with Gasteiger partial charge in [-0.3, -0.25) is 0 Å². The van der Waals surface area contributed by atoms with Crippen molar-refractivity contribution in [3.8, 4) is 0 Å². The molecule has 0 spiro atoms. The summed E-state index contributed by atoms with van der Waals surface area (Å²) in [6.45, 7) is 2.87. The van der Waals surface area contributed by atoms with Crippen molar-refractivity contribution in [2.75, 3.05) is 13.6 Å². The molecule has 0 aliphatic rings. The van der Waals surface area contributed by atoms with E-state index in [0.717, 1.165) is 6.54 Å². The molecule has 0 radical (unpaired) electrons. The highest BCUT2D eigenvalue weighted by Crippen LogP contribution is 1.63. The van der Waals surface area contributed by atoms with Gasteiger partial charge in [0.25, 0.3) is 0 Å². The maximum Gasteiger partial charge on any atom is 0.0136 e. The van der Waals surface area contributed by atoms with Crippen molar-refractivity contribution < 1.29 is 0 Å². The molecule has 0 bridgehead atoms. The van der Waals surface area contributed by atoms with Crippen LogP contribution in [0.5, 0.6) is 0 Å². The molecule has 38 valence electrons. The number of hydrogen-bond donors (Lipinski definition) is 2. The predicted octanol–water partition coefficient (Wildman–Crippen LogP) is -0.447. The molecule has 0 aliphatic heterocycles. The maximum absolute atomic E-state index is 5.34. The number of hydrogen-bond acceptors (Lipinski definition) is 2. The lowest BCUT2D eigenvalue weighted by Crippen LogP contribution is -2.28. The molecule has 2 heteroatoms. The van der Waals surface area contributed by atoms with Crippen LogP contribution < -0.4 is 11.1 Å². The normalized spacial score (nSPS) is 14.5. The Morgan fingerprint density at radius 2 is 2.33 bits per heavy atom. The van der Waals surface area contributed by atoms with Gasteiger partial charge >= 0.3 is 0 Å². The van der Waals surface area contributed by atoms with Crippen LogP contribution in [-0.2, 0) is 0 Å². The fourth-order valence-corrected chi connectivity index (χ4v) is 0.322. The average Bonchev–Trinajstić information content (AvgIpc) is 1.35. The first-order chi connectivity index (χ1) is 2.77. The summed E-state index contributed by atoms with van der Waals surface area (Å²) in [4.78, 5) is 0. The molecule has 1 unspecified atom stereocenters. The molecule has 3 N–H and O–H groups in total. The summed E-state index contributed by atoms with van der Waals surface area (Å²) < 4.78 is 0. The van der Waals surface area contributed by atoms with Crippen molar-refractivity contribution in [1.29, 1.82) is 0 Å². The van der Waals surface area contributed by atoms with Gasteiger partial charge in [0.05, 0.1) is 0 Å². The van der Waals surface area contributed by atoms with E-state index in [1.165, 1.54) is 0 Å². The Balaban J connectivity index is 2.63. The van der Waals surface area contributed by atoms with Gasteiger partial charge in [0.1, 0.15) is 0 Å². The van der Waals surface area contributed by atoms with Crippen LogP contribution in [0.25, 0.3) is 0 Å². The van der Waals surface area contributed by atoms with Gasteiger partial charge in [-0.15, -0.1) is 0 Å². The smallest absolute Gasteiger partial charge is 0.0136 e. The molecule has 0 rings (SSSR count).